The third-order valence-electron chi connectivity index (χ3n) is 5.50. The molecule has 0 saturated carbocycles. The second-order valence-electron chi connectivity index (χ2n) is 8.30. The van der Waals surface area contributed by atoms with Crippen LogP contribution in [0.4, 0.5) is 13.2 Å². The van der Waals surface area contributed by atoms with Gasteiger partial charge in [-0.2, -0.15) is 18.3 Å². The van der Waals surface area contributed by atoms with Crippen LogP contribution in [-0.2, 0) is 17.5 Å². The van der Waals surface area contributed by atoms with Gasteiger partial charge in [0.15, 0.2) is 5.69 Å². The number of nitrogens with zero attached hydrogens (tertiary/aromatic N) is 5. The smallest absolute Gasteiger partial charge is 0.413 e. The van der Waals surface area contributed by atoms with Gasteiger partial charge in [-0.15, -0.1) is 10.2 Å². The molecular formula is C25H20F3N7O2. The van der Waals surface area contributed by atoms with Crippen molar-refractivity contribution in [2.75, 3.05) is 0 Å². The maximum absolute atomic E-state index is 13.6. The summed E-state index contributed by atoms with van der Waals surface area (Å²) >= 11 is 0. The van der Waals surface area contributed by atoms with E-state index in [9.17, 15) is 18.0 Å². The fraction of sp³-hybridized carbons (Fsp3) is 0.160. The minimum absolute atomic E-state index is 0.0504. The van der Waals surface area contributed by atoms with Crippen LogP contribution in [0.1, 0.15) is 18.2 Å². The molecule has 3 heterocycles. The summed E-state index contributed by atoms with van der Waals surface area (Å²) in [5.41, 5.74) is 6.41. The summed E-state index contributed by atoms with van der Waals surface area (Å²) in [5.74, 6) is -0.469. The molecule has 9 nitrogen and oxygen atoms in total. The van der Waals surface area contributed by atoms with Crippen LogP contribution in [0.3, 0.4) is 0 Å². The Morgan fingerprint density at radius 3 is 2.62 bits per heavy atom. The highest BCUT2D eigenvalue weighted by Gasteiger charge is 2.36. The number of aromatic nitrogens is 5. The SMILES string of the molecule is C[C@H](N)C(=O)NCc1cccc(-n2nc(C(F)(F)F)cc2-c2nnc(-c3ccc4ccccc4n3)o2)c1. The number of amides is 1. The maximum Gasteiger partial charge on any atom is 0.435 e. The molecule has 0 aliphatic carbocycles. The summed E-state index contributed by atoms with van der Waals surface area (Å²) in [6.07, 6.45) is -4.70. The van der Waals surface area contributed by atoms with Gasteiger partial charge in [0.25, 0.3) is 11.8 Å². The van der Waals surface area contributed by atoms with E-state index in [2.05, 4.69) is 25.6 Å². The van der Waals surface area contributed by atoms with Crippen LogP contribution in [-0.4, -0.2) is 36.9 Å². The predicted molar refractivity (Wildman–Crippen MR) is 128 cm³/mol. The molecule has 3 aromatic heterocycles. The molecule has 1 amide bonds. The first-order valence-electron chi connectivity index (χ1n) is 11.2. The first-order valence-corrected chi connectivity index (χ1v) is 11.2. The van der Waals surface area contributed by atoms with Gasteiger partial charge >= 0.3 is 6.18 Å². The number of para-hydroxylation sites is 1. The van der Waals surface area contributed by atoms with Crippen LogP contribution in [0.5, 0.6) is 0 Å². The summed E-state index contributed by atoms with van der Waals surface area (Å²) in [4.78, 5) is 16.3. The Hall–Kier alpha value is -4.58. The number of hydrogen-bond acceptors (Lipinski definition) is 7. The van der Waals surface area contributed by atoms with E-state index >= 15 is 0 Å². The number of carbonyl (C=O) groups excluding carboxylic acids is 1. The summed E-state index contributed by atoms with van der Waals surface area (Å²) in [5, 5.41) is 15.3. The molecule has 3 N–H and O–H groups in total. The van der Waals surface area contributed by atoms with Gasteiger partial charge in [-0.1, -0.05) is 36.4 Å². The average molecular weight is 507 g/mol. The van der Waals surface area contributed by atoms with Gasteiger partial charge in [-0.25, -0.2) is 9.67 Å². The predicted octanol–water partition coefficient (Wildman–Crippen LogP) is 4.12. The summed E-state index contributed by atoms with van der Waals surface area (Å²) in [6.45, 7) is 1.68. The van der Waals surface area contributed by atoms with E-state index in [1.807, 2.05) is 30.3 Å². The number of nitrogens with one attached hydrogen (secondary N) is 1. The third-order valence-corrected chi connectivity index (χ3v) is 5.50. The van der Waals surface area contributed by atoms with Crippen LogP contribution in [0.25, 0.3) is 39.8 Å². The Balaban J connectivity index is 1.52. The van der Waals surface area contributed by atoms with Gasteiger partial charge < -0.3 is 15.5 Å². The number of halogens is 3. The lowest BCUT2D eigenvalue weighted by Gasteiger charge is -2.10. The van der Waals surface area contributed by atoms with E-state index in [4.69, 9.17) is 10.2 Å². The van der Waals surface area contributed by atoms with Crippen molar-refractivity contribution < 1.29 is 22.4 Å². The molecule has 37 heavy (non-hydrogen) atoms. The van der Waals surface area contributed by atoms with Crippen molar-refractivity contribution in [3.63, 3.8) is 0 Å². The zero-order valence-electron chi connectivity index (χ0n) is 19.4. The van der Waals surface area contributed by atoms with Crippen molar-refractivity contribution in [2.45, 2.75) is 25.7 Å². The molecule has 0 aliphatic rings. The molecule has 12 heteroatoms. The van der Waals surface area contributed by atoms with Crippen LogP contribution in [0.2, 0.25) is 0 Å². The molecular weight excluding hydrogens is 487 g/mol. The molecule has 0 unspecified atom stereocenters. The molecule has 0 bridgehead atoms. The Morgan fingerprint density at radius 1 is 1.05 bits per heavy atom. The lowest BCUT2D eigenvalue weighted by Crippen LogP contribution is -2.37. The molecule has 5 aromatic rings. The van der Waals surface area contributed by atoms with Crippen molar-refractivity contribution >= 4 is 16.8 Å². The lowest BCUT2D eigenvalue weighted by molar-refractivity contribution is -0.141. The van der Waals surface area contributed by atoms with E-state index in [0.29, 0.717) is 22.5 Å². The van der Waals surface area contributed by atoms with Gasteiger partial charge in [0.2, 0.25) is 5.91 Å². The van der Waals surface area contributed by atoms with Crippen molar-refractivity contribution in [3.05, 3.63) is 78.0 Å². The van der Waals surface area contributed by atoms with Crippen LogP contribution in [0.15, 0.2) is 71.1 Å². The number of nitrogens with two attached hydrogens (primary N) is 1. The molecule has 0 fully saturated rings. The Bertz CT molecular complexity index is 1590. The van der Waals surface area contributed by atoms with Gasteiger partial charge in [0.1, 0.15) is 11.4 Å². The van der Waals surface area contributed by atoms with E-state index in [-0.39, 0.29) is 29.9 Å². The zero-order valence-corrected chi connectivity index (χ0v) is 19.4. The van der Waals surface area contributed by atoms with E-state index in [1.165, 1.54) is 0 Å². The highest BCUT2D eigenvalue weighted by molar-refractivity contribution is 5.81. The Kier molecular flexibility index (Phi) is 6.17. The standard InChI is InChI=1S/C25H20F3N7O2/c1-14(29)22(36)30-13-15-5-4-7-17(11-15)35-20(12-21(34-35)25(26,27)28)24-33-32-23(37-24)19-10-9-16-6-2-3-8-18(16)31-19/h2-12,14H,13,29H2,1H3,(H,30,36)/t14-/m0/s1. The van der Waals surface area contributed by atoms with E-state index in [1.54, 1.807) is 37.3 Å². The topological polar surface area (TPSA) is 125 Å². The van der Waals surface area contributed by atoms with Gasteiger partial charge in [-0.3, -0.25) is 4.79 Å². The zero-order chi connectivity index (χ0) is 26.2. The van der Waals surface area contributed by atoms with Gasteiger partial charge in [0, 0.05) is 18.0 Å². The number of alkyl halides is 3. The van der Waals surface area contributed by atoms with Crippen molar-refractivity contribution in [2.24, 2.45) is 5.73 Å². The van der Waals surface area contributed by atoms with E-state index < -0.39 is 17.9 Å². The minimum Gasteiger partial charge on any atom is -0.413 e. The second-order valence-corrected chi connectivity index (χ2v) is 8.30. The van der Waals surface area contributed by atoms with Crippen molar-refractivity contribution in [1.82, 2.24) is 30.3 Å². The van der Waals surface area contributed by atoms with Crippen LogP contribution < -0.4 is 11.1 Å². The first-order chi connectivity index (χ1) is 17.7. The molecule has 0 saturated heterocycles. The lowest BCUT2D eigenvalue weighted by atomic mass is 10.2. The normalized spacial score (nSPS) is 12.6. The van der Waals surface area contributed by atoms with Crippen LogP contribution in [0, 0.1) is 0 Å². The minimum atomic E-state index is -4.70. The fourth-order valence-corrected chi connectivity index (χ4v) is 3.63. The molecule has 0 radical (unpaired) electrons. The van der Waals surface area contributed by atoms with Gasteiger partial charge in [0.05, 0.1) is 17.2 Å². The number of pyridine rings is 1. The molecule has 1 atom stereocenters. The highest BCUT2D eigenvalue weighted by Crippen LogP contribution is 2.34. The third kappa shape index (κ3) is 5.05. The quantitative estimate of drug-likeness (QED) is 0.354. The maximum atomic E-state index is 13.6. The number of fused-ring (bicyclic) bond motifs is 1. The largest absolute Gasteiger partial charge is 0.435 e. The number of hydrogen-bond donors (Lipinski definition) is 2. The molecule has 5 rings (SSSR count). The summed E-state index contributed by atoms with van der Waals surface area (Å²) in [6, 6.07) is 17.7. The second kappa shape index (κ2) is 9.47. The Morgan fingerprint density at radius 2 is 1.84 bits per heavy atom. The van der Waals surface area contributed by atoms with Crippen LogP contribution >= 0.6 is 0 Å². The van der Waals surface area contributed by atoms with Gasteiger partial charge in [-0.05, 0) is 36.8 Å². The van der Waals surface area contributed by atoms with Crippen molar-refractivity contribution in [3.8, 4) is 28.9 Å². The average Bonchev–Trinajstić information content (AvgIpc) is 3.55. The summed E-state index contributed by atoms with van der Waals surface area (Å²) < 4.78 is 47.6. The van der Waals surface area contributed by atoms with Crippen molar-refractivity contribution in [1.29, 1.82) is 0 Å². The molecule has 188 valence electrons. The summed E-state index contributed by atoms with van der Waals surface area (Å²) in [7, 11) is 0. The first kappa shape index (κ1) is 24.1. The number of carbonyl (C=O) groups is 1. The fourth-order valence-electron chi connectivity index (χ4n) is 3.63. The molecule has 2 aromatic carbocycles. The highest BCUT2D eigenvalue weighted by atomic mass is 19.4. The molecule has 0 aliphatic heterocycles. The number of rotatable bonds is 6. The molecule has 0 spiro atoms. The number of benzene rings is 2. The Labute approximate surface area is 208 Å². The van der Waals surface area contributed by atoms with E-state index in [0.717, 1.165) is 16.1 Å². The monoisotopic (exact) mass is 507 g/mol.